The van der Waals surface area contributed by atoms with E-state index in [0.717, 1.165) is 25.2 Å². The predicted octanol–water partition coefficient (Wildman–Crippen LogP) is 6.94. The smallest absolute Gasteiger partial charge is 0.264 e. The van der Waals surface area contributed by atoms with E-state index < -0.39 is 22.5 Å². The molecular weight excluding hydrogens is 512 g/mol. The van der Waals surface area contributed by atoms with E-state index in [4.69, 9.17) is 11.6 Å². The van der Waals surface area contributed by atoms with Crippen LogP contribution in [0.3, 0.4) is 0 Å². The van der Waals surface area contributed by atoms with Crippen molar-refractivity contribution in [2.45, 2.75) is 28.5 Å². The molecule has 0 aliphatic heterocycles. The summed E-state index contributed by atoms with van der Waals surface area (Å²) in [6.07, 6.45) is 0. The number of rotatable bonds is 8. The number of sulfonamides is 1. The third-order valence-corrected chi connectivity index (χ3v) is 8.75. The predicted molar refractivity (Wildman–Crippen MR) is 148 cm³/mol. The number of carbonyl (C=O) groups excluding carboxylic acids is 1. The number of nitrogens with zero attached hydrogens (tertiary/aromatic N) is 1. The summed E-state index contributed by atoms with van der Waals surface area (Å²) >= 11 is 7.83. The third-order valence-electron chi connectivity index (χ3n) is 5.47. The monoisotopic (exact) mass is 536 g/mol. The second-order valence-electron chi connectivity index (χ2n) is 8.22. The van der Waals surface area contributed by atoms with Crippen LogP contribution in [-0.4, -0.2) is 20.9 Å². The number of anilines is 2. The number of amides is 1. The number of nitrogens with one attached hydrogen (secondary N) is 1. The summed E-state index contributed by atoms with van der Waals surface area (Å²) in [6, 6.07) is 28.7. The molecule has 4 aromatic carbocycles. The summed E-state index contributed by atoms with van der Waals surface area (Å²) in [7, 11) is -4.04. The van der Waals surface area contributed by atoms with Gasteiger partial charge in [0, 0.05) is 14.8 Å². The summed E-state index contributed by atoms with van der Waals surface area (Å²) in [6.45, 7) is 3.30. The van der Waals surface area contributed by atoms with E-state index in [-0.39, 0.29) is 4.90 Å². The normalized spacial score (nSPS) is 11.2. The molecule has 5 nitrogen and oxygen atoms in total. The molecule has 0 fully saturated rings. The lowest BCUT2D eigenvalue weighted by atomic mass is 10.2. The Labute approximate surface area is 221 Å². The molecule has 0 aliphatic rings. The number of hydrogen-bond donors (Lipinski definition) is 1. The number of para-hydroxylation sites is 1. The Balaban J connectivity index is 1.64. The van der Waals surface area contributed by atoms with Crippen molar-refractivity contribution >= 4 is 50.7 Å². The highest BCUT2D eigenvalue weighted by molar-refractivity contribution is 7.99. The van der Waals surface area contributed by atoms with Gasteiger partial charge in [-0.25, -0.2) is 8.42 Å². The molecule has 0 aliphatic carbocycles. The molecule has 0 atom stereocenters. The van der Waals surface area contributed by atoms with Gasteiger partial charge in [-0.15, -0.1) is 0 Å². The van der Waals surface area contributed by atoms with Gasteiger partial charge in [0.15, 0.2) is 0 Å². The lowest BCUT2D eigenvalue weighted by molar-refractivity contribution is -0.114. The Hall–Kier alpha value is -3.26. The van der Waals surface area contributed by atoms with Crippen molar-refractivity contribution in [3.63, 3.8) is 0 Å². The van der Waals surface area contributed by atoms with E-state index in [1.807, 2.05) is 62.4 Å². The van der Waals surface area contributed by atoms with Crippen LogP contribution in [0.5, 0.6) is 0 Å². The zero-order chi connectivity index (χ0) is 25.7. The molecule has 36 heavy (non-hydrogen) atoms. The topological polar surface area (TPSA) is 66.5 Å². The van der Waals surface area contributed by atoms with Gasteiger partial charge in [0.2, 0.25) is 5.91 Å². The van der Waals surface area contributed by atoms with Gasteiger partial charge >= 0.3 is 0 Å². The summed E-state index contributed by atoms with van der Waals surface area (Å²) in [4.78, 5) is 15.2. The molecule has 4 rings (SSSR count). The quantitative estimate of drug-likeness (QED) is 0.265. The average molecular weight is 537 g/mol. The van der Waals surface area contributed by atoms with Crippen molar-refractivity contribution in [1.82, 2.24) is 0 Å². The fraction of sp³-hybridized carbons (Fsp3) is 0.107. The number of benzene rings is 4. The van der Waals surface area contributed by atoms with Crippen molar-refractivity contribution in [1.29, 1.82) is 0 Å². The summed E-state index contributed by atoms with van der Waals surface area (Å²) < 4.78 is 28.4. The minimum Gasteiger partial charge on any atom is -0.323 e. The molecule has 8 heteroatoms. The Morgan fingerprint density at radius 3 is 2.25 bits per heavy atom. The fourth-order valence-electron chi connectivity index (χ4n) is 3.48. The average Bonchev–Trinajstić information content (AvgIpc) is 2.86. The molecule has 0 unspecified atom stereocenters. The standard InChI is InChI=1S/C28H25ClN2O3S2/c1-20-12-16-24(17-13-20)36(33,34)31(22-15-14-21(2)25(29)18-22)19-28(32)30-26-10-6-7-11-27(26)35-23-8-4-3-5-9-23/h3-18H,19H2,1-2H3,(H,30,32). The Morgan fingerprint density at radius 1 is 0.889 bits per heavy atom. The summed E-state index contributed by atoms with van der Waals surface area (Å²) in [5.74, 6) is -0.469. The van der Waals surface area contributed by atoms with E-state index in [0.29, 0.717) is 16.4 Å². The van der Waals surface area contributed by atoms with Gasteiger partial charge in [-0.3, -0.25) is 9.10 Å². The second kappa shape index (κ2) is 11.2. The lowest BCUT2D eigenvalue weighted by Crippen LogP contribution is -2.38. The van der Waals surface area contributed by atoms with Crippen LogP contribution >= 0.6 is 23.4 Å². The van der Waals surface area contributed by atoms with Gasteiger partial charge in [-0.1, -0.05) is 77.5 Å². The SMILES string of the molecule is Cc1ccc(S(=O)(=O)N(CC(=O)Nc2ccccc2Sc2ccccc2)c2ccc(C)c(Cl)c2)cc1. The number of carbonyl (C=O) groups is 1. The lowest BCUT2D eigenvalue weighted by Gasteiger charge is -2.25. The van der Waals surface area contributed by atoms with E-state index in [9.17, 15) is 13.2 Å². The zero-order valence-electron chi connectivity index (χ0n) is 19.8. The van der Waals surface area contributed by atoms with Crippen LogP contribution in [0.1, 0.15) is 11.1 Å². The van der Waals surface area contributed by atoms with Crippen LogP contribution < -0.4 is 9.62 Å². The molecule has 1 N–H and O–H groups in total. The molecule has 0 radical (unpaired) electrons. The van der Waals surface area contributed by atoms with Gasteiger partial charge in [-0.05, 0) is 67.9 Å². The highest BCUT2D eigenvalue weighted by Crippen LogP contribution is 2.33. The maximum absolute atomic E-state index is 13.6. The van der Waals surface area contributed by atoms with Crippen molar-refractivity contribution in [2.24, 2.45) is 0 Å². The molecule has 1 amide bonds. The van der Waals surface area contributed by atoms with Crippen LogP contribution in [0, 0.1) is 13.8 Å². The summed E-state index contributed by atoms with van der Waals surface area (Å²) in [5.41, 5.74) is 2.66. The highest BCUT2D eigenvalue weighted by Gasteiger charge is 2.28. The van der Waals surface area contributed by atoms with Crippen LogP contribution in [0.2, 0.25) is 5.02 Å². The molecule has 184 valence electrons. The minimum absolute atomic E-state index is 0.0950. The molecule has 0 bridgehead atoms. The number of aryl methyl sites for hydroxylation is 2. The Kier molecular flexibility index (Phi) is 8.04. The molecule has 0 spiro atoms. The minimum atomic E-state index is -4.04. The molecular formula is C28H25ClN2O3S2. The second-order valence-corrected chi connectivity index (χ2v) is 11.6. The first-order valence-electron chi connectivity index (χ1n) is 11.2. The summed E-state index contributed by atoms with van der Waals surface area (Å²) in [5, 5.41) is 3.31. The molecule has 0 heterocycles. The van der Waals surface area contributed by atoms with Gasteiger partial charge in [0.05, 0.1) is 16.3 Å². The van der Waals surface area contributed by atoms with Crippen molar-refractivity contribution in [3.8, 4) is 0 Å². The van der Waals surface area contributed by atoms with Crippen LogP contribution in [0.25, 0.3) is 0 Å². The maximum Gasteiger partial charge on any atom is 0.264 e. The van der Waals surface area contributed by atoms with Crippen LogP contribution in [0.15, 0.2) is 112 Å². The van der Waals surface area contributed by atoms with E-state index in [2.05, 4.69) is 5.32 Å². The number of hydrogen-bond acceptors (Lipinski definition) is 4. The Bertz CT molecular complexity index is 1470. The van der Waals surface area contributed by atoms with E-state index >= 15 is 0 Å². The van der Waals surface area contributed by atoms with Crippen molar-refractivity contribution in [2.75, 3.05) is 16.2 Å². The first-order chi connectivity index (χ1) is 17.2. The largest absolute Gasteiger partial charge is 0.323 e. The van der Waals surface area contributed by atoms with Gasteiger partial charge in [0.25, 0.3) is 10.0 Å². The van der Waals surface area contributed by atoms with Crippen molar-refractivity contribution < 1.29 is 13.2 Å². The van der Waals surface area contributed by atoms with Gasteiger partial charge in [-0.2, -0.15) is 0 Å². The molecule has 0 saturated carbocycles. The van der Waals surface area contributed by atoms with E-state index in [1.54, 1.807) is 36.4 Å². The van der Waals surface area contributed by atoms with Gasteiger partial charge < -0.3 is 5.32 Å². The maximum atomic E-state index is 13.6. The fourth-order valence-corrected chi connectivity index (χ4v) is 5.99. The molecule has 0 saturated heterocycles. The third kappa shape index (κ3) is 6.10. The first-order valence-corrected chi connectivity index (χ1v) is 13.8. The van der Waals surface area contributed by atoms with E-state index in [1.165, 1.54) is 23.9 Å². The van der Waals surface area contributed by atoms with Gasteiger partial charge in [0.1, 0.15) is 6.54 Å². The Morgan fingerprint density at radius 2 is 1.56 bits per heavy atom. The first kappa shape index (κ1) is 25.8. The van der Waals surface area contributed by atoms with Crippen LogP contribution in [-0.2, 0) is 14.8 Å². The molecule has 0 aromatic heterocycles. The van der Waals surface area contributed by atoms with Crippen LogP contribution in [0.4, 0.5) is 11.4 Å². The number of halogens is 1. The van der Waals surface area contributed by atoms with Crippen molar-refractivity contribution in [3.05, 3.63) is 113 Å². The highest BCUT2D eigenvalue weighted by atomic mass is 35.5. The zero-order valence-corrected chi connectivity index (χ0v) is 22.2. The molecule has 4 aromatic rings.